The van der Waals surface area contributed by atoms with Gasteiger partial charge < -0.3 is 10.4 Å². The normalized spacial score (nSPS) is 12.9. The third-order valence-corrected chi connectivity index (χ3v) is 3.13. The van der Waals surface area contributed by atoms with Crippen LogP contribution in [0.1, 0.15) is 24.1 Å². The van der Waals surface area contributed by atoms with Gasteiger partial charge in [0.05, 0.1) is 6.61 Å². The van der Waals surface area contributed by atoms with Gasteiger partial charge in [-0.05, 0) is 31.0 Å². The zero-order chi connectivity index (χ0) is 10.6. The number of aliphatic hydroxyl groups excluding tert-OH is 1. The largest absolute Gasteiger partial charge is 0.395 e. The minimum Gasteiger partial charge on any atom is -0.395 e. The van der Waals surface area contributed by atoms with Gasteiger partial charge in [-0.25, -0.2) is 0 Å². The zero-order valence-electron chi connectivity index (χ0n) is 8.55. The lowest BCUT2D eigenvalue weighted by Crippen LogP contribution is -2.22. The number of hydrogen-bond donors (Lipinski definition) is 2. The Morgan fingerprint density at radius 2 is 2.21 bits per heavy atom. The van der Waals surface area contributed by atoms with Crippen LogP contribution in [0.15, 0.2) is 22.7 Å². The van der Waals surface area contributed by atoms with Gasteiger partial charge >= 0.3 is 0 Å². The molecule has 0 aliphatic rings. The van der Waals surface area contributed by atoms with Crippen LogP contribution in [0.25, 0.3) is 0 Å². The molecule has 0 spiro atoms. The lowest BCUT2D eigenvalue weighted by molar-refractivity contribution is 0.286. The number of aryl methyl sites for hydroxylation is 1. The Balaban J connectivity index is 2.70. The van der Waals surface area contributed by atoms with Gasteiger partial charge in [0.25, 0.3) is 0 Å². The van der Waals surface area contributed by atoms with Crippen LogP contribution in [0.2, 0.25) is 0 Å². The van der Waals surface area contributed by atoms with Crippen molar-refractivity contribution in [3.63, 3.8) is 0 Å². The van der Waals surface area contributed by atoms with Crippen LogP contribution in [0.4, 0.5) is 0 Å². The van der Waals surface area contributed by atoms with Crippen molar-refractivity contribution in [3.05, 3.63) is 33.8 Å². The smallest absolute Gasteiger partial charge is 0.0556 e. The summed E-state index contributed by atoms with van der Waals surface area (Å²) in [5.74, 6) is 0. The number of halogens is 1. The van der Waals surface area contributed by atoms with Crippen LogP contribution in [-0.4, -0.2) is 18.3 Å². The van der Waals surface area contributed by atoms with Crippen LogP contribution >= 0.6 is 15.9 Å². The van der Waals surface area contributed by atoms with E-state index in [9.17, 15) is 0 Å². The summed E-state index contributed by atoms with van der Waals surface area (Å²) in [4.78, 5) is 0. The summed E-state index contributed by atoms with van der Waals surface area (Å²) in [7, 11) is 0. The summed E-state index contributed by atoms with van der Waals surface area (Å²) < 4.78 is 1.13. The highest BCUT2D eigenvalue weighted by Crippen LogP contribution is 2.20. The molecule has 0 saturated heterocycles. The molecule has 0 bridgehead atoms. The Morgan fingerprint density at radius 1 is 1.50 bits per heavy atom. The van der Waals surface area contributed by atoms with E-state index in [2.05, 4.69) is 53.3 Å². The molecule has 0 amide bonds. The number of rotatable bonds is 4. The highest BCUT2D eigenvalue weighted by Gasteiger charge is 2.05. The quantitative estimate of drug-likeness (QED) is 0.869. The first kappa shape index (κ1) is 11.7. The van der Waals surface area contributed by atoms with Crippen LogP contribution in [0, 0.1) is 6.92 Å². The third-order valence-electron chi connectivity index (χ3n) is 2.24. The van der Waals surface area contributed by atoms with Crippen molar-refractivity contribution in [1.29, 1.82) is 0 Å². The van der Waals surface area contributed by atoms with E-state index < -0.39 is 0 Å². The number of hydrogen-bond acceptors (Lipinski definition) is 2. The highest BCUT2D eigenvalue weighted by molar-refractivity contribution is 9.10. The topological polar surface area (TPSA) is 32.3 Å². The Hall–Kier alpha value is -0.380. The molecule has 1 atom stereocenters. The van der Waals surface area contributed by atoms with Crippen LogP contribution in [-0.2, 0) is 0 Å². The Bertz CT molecular complexity index is 301. The lowest BCUT2D eigenvalue weighted by Gasteiger charge is -2.14. The van der Waals surface area contributed by atoms with Crippen molar-refractivity contribution in [1.82, 2.24) is 5.32 Å². The standard InChI is InChI=1S/C11H16BrNO/c1-8-7-10(3-4-11(8)12)9(2)13-5-6-14/h3-4,7,9,13-14H,5-6H2,1-2H3/t9-/m1/s1. The van der Waals surface area contributed by atoms with E-state index in [0.29, 0.717) is 6.54 Å². The fourth-order valence-electron chi connectivity index (χ4n) is 1.34. The van der Waals surface area contributed by atoms with Crippen molar-refractivity contribution in [2.75, 3.05) is 13.2 Å². The van der Waals surface area contributed by atoms with E-state index in [-0.39, 0.29) is 12.6 Å². The molecule has 2 nitrogen and oxygen atoms in total. The molecule has 1 aromatic carbocycles. The minimum absolute atomic E-state index is 0.180. The summed E-state index contributed by atoms with van der Waals surface area (Å²) in [6.45, 7) is 4.99. The Kier molecular flexibility index (Phi) is 4.58. The summed E-state index contributed by atoms with van der Waals surface area (Å²) >= 11 is 3.47. The second-order valence-electron chi connectivity index (χ2n) is 3.41. The average Bonchev–Trinajstić information content (AvgIpc) is 2.18. The molecule has 2 N–H and O–H groups in total. The molecule has 78 valence electrons. The third kappa shape index (κ3) is 3.08. The average molecular weight is 258 g/mol. The van der Waals surface area contributed by atoms with Gasteiger partial charge in [-0.1, -0.05) is 28.1 Å². The maximum absolute atomic E-state index is 8.69. The van der Waals surface area contributed by atoms with Gasteiger partial charge in [0, 0.05) is 17.1 Å². The van der Waals surface area contributed by atoms with E-state index >= 15 is 0 Å². The molecule has 0 unspecified atom stereocenters. The van der Waals surface area contributed by atoms with Crippen molar-refractivity contribution < 1.29 is 5.11 Å². The second kappa shape index (κ2) is 5.49. The number of aliphatic hydroxyl groups is 1. The van der Waals surface area contributed by atoms with Gasteiger partial charge in [-0.15, -0.1) is 0 Å². The molecule has 3 heteroatoms. The first-order chi connectivity index (χ1) is 6.65. The number of benzene rings is 1. The first-order valence-electron chi connectivity index (χ1n) is 4.75. The van der Waals surface area contributed by atoms with Crippen molar-refractivity contribution in [3.8, 4) is 0 Å². The maximum Gasteiger partial charge on any atom is 0.0556 e. The van der Waals surface area contributed by atoms with Crippen molar-refractivity contribution >= 4 is 15.9 Å². The maximum atomic E-state index is 8.69. The molecular weight excluding hydrogens is 242 g/mol. The zero-order valence-corrected chi connectivity index (χ0v) is 10.1. The molecule has 1 rings (SSSR count). The van der Waals surface area contributed by atoms with E-state index in [1.54, 1.807) is 0 Å². The summed E-state index contributed by atoms with van der Waals surface area (Å²) in [6.07, 6.45) is 0. The monoisotopic (exact) mass is 257 g/mol. The highest BCUT2D eigenvalue weighted by atomic mass is 79.9. The molecule has 0 aliphatic heterocycles. The van der Waals surface area contributed by atoms with E-state index in [4.69, 9.17) is 5.11 Å². The lowest BCUT2D eigenvalue weighted by atomic mass is 10.1. The molecule has 0 aromatic heterocycles. The van der Waals surface area contributed by atoms with Gasteiger partial charge in [-0.3, -0.25) is 0 Å². The predicted molar refractivity (Wildman–Crippen MR) is 62.4 cm³/mol. The Labute approximate surface area is 93.5 Å². The van der Waals surface area contributed by atoms with Gasteiger partial charge in [0.15, 0.2) is 0 Å². The van der Waals surface area contributed by atoms with E-state index in [1.807, 2.05) is 0 Å². The molecule has 0 heterocycles. The molecule has 0 radical (unpaired) electrons. The van der Waals surface area contributed by atoms with Gasteiger partial charge in [0.2, 0.25) is 0 Å². The van der Waals surface area contributed by atoms with Crippen molar-refractivity contribution in [2.24, 2.45) is 0 Å². The molecule has 0 saturated carbocycles. The summed E-state index contributed by atoms with van der Waals surface area (Å²) in [5.41, 5.74) is 2.49. The fourth-order valence-corrected chi connectivity index (χ4v) is 1.58. The van der Waals surface area contributed by atoms with Gasteiger partial charge in [-0.2, -0.15) is 0 Å². The fraction of sp³-hybridized carbons (Fsp3) is 0.455. The van der Waals surface area contributed by atoms with Crippen molar-refractivity contribution in [2.45, 2.75) is 19.9 Å². The van der Waals surface area contributed by atoms with Crippen LogP contribution < -0.4 is 5.32 Å². The summed E-state index contributed by atoms with van der Waals surface area (Å²) in [6, 6.07) is 6.58. The van der Waals surface area contributed by atoms with Crippen LogP contribution in [0.3, 0.4) is 0 Å². The molecule has 0 aliphatic carbocycles. The van der Waals surface area contributed by atoms with E-state index in [0.717, 1.165) is 4.47 Å². The van der Waals surface area contributed by atoms with Crippen LogP contribution in [0.5, 0.6) is 0 Å². The summed E-state index contributed by atoms with van der Waals surface area (Å²) in [5, 5.41) is 11.9. The second-order valence-corrected chi connectivity index (χ2v) is 4.26. The minimum atomic E-state index is 0.180. The molecule has 1 aromatic rings. The SMILES string of the molecule is Cc1cc([C@@H](C)NCCO)ccc1Br. The van der Waals surface area contributed by atoms with Gasteiger partial charge in [0.1, 0.15) is 0 Å². The molecular formula is C11H16BrNO. The molecule has 14 heavy (non-hydrogen) atoms. The first-order valence-corrected chi connectivity index (χ1v) is 5.54. The number of nitrogens with one attached hydrogen (secondary N) is 1. The molecule has 0 fully saturated rings. The van der Waals surface area contributed by atoms with E-state index in [1.165, 1.54) is 11.1 Å². The predicted octanol–water partition coefficient (Wildman–Crippen LogP) is 2.40. The Morgan fingerprint density at radius 3 is 2.79 bits per heavy atom.